The average Bonchev–Trinajstić information content (AvgIpc) is 2.53. The lowest BCUT2D eigenvalue weighted by atomic mass is 10.1. The van der Waals surface area contributed by atoms with Gasteiger partial charge in [-0.15, -0.1) is 0 Å². The first-order valence-electron chi connectivity index (χ1n) is 6.74. The highest BCUT2D eigenvalue weighted by Crippen LogP contribution is 2.23. The second kappa shape index (κ2) is 6.76. The van der Waals surface area contributed by atoms with Crippen molar-refractivity contribution in [1.29, 1.82) is 0 Å². The highest BCUT2D eigenvalue weighted by molar-refractivity contribution is 6.00. The molecule has 0 unspecified atom stereocenters. The minimum Gasteiger partial charge on any atom is -0.545 e. The number of benzene rings is 2. The van der Waals surface area contributed by atoms with Crippen molar-refractivity contribution in [2.24, 2.45) is 0 Å². The standard InChI is InChI=1S/C17H17NO4/c1-12(19)18(11-13-7-9-14(22-2)10-8-13)16-6-4-3-5-15(16)17(20)21/h3-10H,11H2,1-2H3,(H,20,21)/p-1. The molecule has 5 nitrogen and oxygen atoms in total. The monoisotopic (exact) mass is 298 g/mol. The van der Waals surface area contributed by atoms with E-state index in [0.29, 0.717) is 11.4 Å². The highest BCUT2D eigenvalue weighted by atomic mass is 16.5. The molecule has 0 spiro atoms. The number of para-hydroxylation sites is 1. The molecule has 2 aromatic rings. The lowest BCUT2D eigenvalue weighted by molar-refractivity contribution is -0.254. The van der Waals surface area contributed by atoms with Gasteiger partial charge in [-0.1, -0.05) is 30.3 Å². The van der Waals surface area contributed by atoms with Gasteiger partial charge in [0, 0.05) is 12.5 Å². The first-order chi connectivity index (χ1) is 10.5. The Balaban J connectivity index is 2.34. The number of hydrogen-bond donors (Lipinski definition) is 0. The molecule has 0 atom stereocenters. The molecular formula is C17H16NO4-. The molecular weight excluding hydrogens is 282 g/mol. The van der Waals surface area contributed by atoms with Gasteiger partial charge in [0.25, 0.3) is 0 Å². The Kier molecular flexibility index (Phi) is 4.78. The molecule has 1 amide bonds. The summed E-state index contributed by atoms with van der Waals surface area (Å²) in [5.74, 6) is -0.839. The van der Waals surface area contributed by atoms with Crippen LogP contribution in [0.1, 0.15) is 22.8 Å². The Morgan fingerprint density at radius 3 is 2.27 bits per heavy atom. The fourth-order valence-corrected chi connectivity index (χ4v) is 2.16. The first kappa shape index (κ1) is 15.6. The topological polar surface area (TPSA) is 69.7 Å². The lowest BCUT2D eigenvalue weighted by Gasteiger charge is -2.24. The van der Waals surface area contributed by atoms with Gasteiger partial charge in [0.1, 0.15) is 5.75 Å². The van der Waals surface area contributed by atoms with Gasteiger partial charge < -0.3 is 19.5 Å². The number of carboxylic acid groups (broad SMARTS) is 1. The second-order valence-electron chi connectivity index (χ2n) is 4.76. The maximum atomic E-state index is 11.9. The van der Waals surface area contributed by atoms with Gasteiger partial charge in [-0.3, -0.25) is 4.79 Å². The lowest BCUT2D eigenvalue weighted by Crippen LogP contribution is -2.32. The van der Waals surface area contributed by atoms with Crippen LogP contribution in [0.25, 0.3) is 0 Å². The van der Waals surface area contributed by atoms with E-state index in [1.54, 1.807) is 37.4 Å². The average molecular weight is 298 g/mol. The van der Waals surface area contributed by atoms with E-state index in [4.69, 9.17) is 4.74 Å². The summed E-state index contributed by atoms with van der Waals surface area (Å²) in [4.78, 5) is 24.6. The number of aromatic carboxylic acids is 1. The number of amides is 1. The molecule has 0 radical (unpaired) electrons. The largest absolute Gasteiger partial charge is 0.545 e. The van der Waals surface area contributed by atoms with Gasteiger partial charge in [-0.2, -0.15) is 0 Å². The third-order valence-electron chi connectivity index (χ3n) is 3.29. The van der Waals surface area contributed by atoms with Crippen molar-refractivity contribution >= 4 is 17.6 Å². The smallest absolute Gasteiger partial charge is 0.224 e. The molecule has 0 N–H and O–H groups in total. The van der Waals surface area contributed by atoms with E-state index in [0.717, 1.165) is 5.56 Å². The van der Waals surface area contributed by atoms with Crippen LogP contribution in [0.15, 0.2) is 48.5 Å². The van der Waals surface area contributed by atoms with Crippen LogP contribution in [0.4, 0.5) is 5.69 Å². The molecule has 0 aliphatic carbocycles. The molecule has 0 aliphatic rings. The van der Waals surface area contributed by atoms with E-state index in [1.807, 2.05) is 12.1 Å². The molecule has 2 aromatic carbocycles. The zero-order chi connectivity index (χ0) is 16.1. The molecule has 0 aromatic heterocycles. The van der Waals surface area contributed by atoms with Crippen LogP contribution in [0.3, 0.4) is 0 Å². The summed E-state index contributed by atoms with van der Waals surface area (Å²) >= 11 is 0. The molecule has 0 aliphatic heterocycles. The summed E-state index contributed by atoms with van der Waals surface area (Å²) in [6, 6.07) is 13.5. The van der Waals surface area contributed by atoms with Gasteiger partial charge in [-0.05, 0) is 23.8 Å². The minimum atomic E-state index is -1.31. The number of anilines is 1. The fraction of sp³-hybridized carbons (Fsp3) is 0.176. The van der Waals surface area contributed by atoms with E-state index in [-0.39, 0.29) is 18.0 Å². The maximum Gasteiger partial charge on any atom is 0.224 e. The van der Waals surface area contributed by atoms with E-state index in [2.05, 4.69) is 0 Å². The van der Waals surface area contributed by atoms with Crippen molar-refractivity contribution in [3.8, 4) is 5.75 Å². The number of hydrogen-bond acceptors (Lipinski definition) is 4. The molecule has 0 saturated carbocycles. The number of ether oxygens (including phenoxy) is 1. The molecule has 5 heteroatoms. The SMILES string of the molecule is COc1ccc(CN(C(C)=O)c2ccccc2C(=O)[O-])cc1. The molecule has 114 valence electrons. The minimum absolute atomic E-state index is 0.00814. The Hall–Kier alpha value is -2.82. The third kappa shape index (κ3) is 3.44. The van der Waals surface area contributed by atoms with Gasteiger partial charge in [0.2, 0.25) is 5.91 Å². The number of carboxylic acids is 1. The number of nitrogens with zero attached hydrogens (tertiary/aromatic N) is 1. The van der Waals surface area contributed by atoms with Crippen molar-refractivity contribution in [2.45, 2.75) is 13.5 Å². The van der Waals surface area contributed by atoms with Crippen molar-refractivity contribution in [1.82, 2.24) is 0 Å². The van der Waals surface area contributed by atoms with Gasteiger partial charge >= 0.3 is 0 Å². The van der Waals surface area contributed by atoms with Crippen LogP contribution in [-0.2, 0) is 11.3 Å². The van der Waals surface area contributed by atoms with Crippen molar-refractivity contribution in [2.75, 3.05) is 12.0 Å². The Bertz CT molecular complexity index is 679. The Morgan fingerprint density at radius 1 is 1.09 bits per heavy atom. The Morgan fingerprint density at radius 2 is 1.73 bits per heavy atom. The number of carbonyl (C=O) groups excluding carboxylic acids is 2. The molecule has 0 saturated heterocycles. The summed E-state index contributed by atoms with van der Waals surface area (Å²) in [7, 11) is 1.58. The highest BCUT2D eigenvalue weighted by Gasteiger charge is 2.16. The number of carbonyl (C=O) groups is 2. The zero-order valence-electron chi connectivity index (χ0n) is 12.4. The van der Waals surface area contributed by atoms with Gasteiger partial charge in [-0.25, -0.2) is 0 Å². The van der Waals surface area contributed by atoms with Crippen molar-refractivity contribution in [3.05, 3.63) is 59.7 Å². The summed E-state index contributed by atoms with van der Waals surface area (Å²) in [5, 5.41) is 11.2. The zero-order valence-corrected chi connectivity index (χ0v) is 12.4. The predicted octanol–water partition coefficient (Wildman–Crippen LogP) is 1.61. The predicted molar refractivity (Wildman–Crippen MR) is 80.6 cm³/mol. The molecule has 0 fully saturated rings. The molecule has 22 heavy (non-hydrogen) atoms. The van der Waals surface area contributed by atoms with Crippen LogP contribution >= 0.6 is 0 Å². The quantitative estimate of drug-likeness (QED) is 0.841. The van der Waals surface area contributed by atoms with Gasteiger partial charge in [0.15, 0.2) is 0 Å². The molecule has 0 bridgehead atoms. The normalized spacial score (nSPS) is 10.1. The molecule has 2 rings (SSSR count). The van der Waals surface area contributed by atoms with E-state index in [9.17, 15) is 14.7 Å². The fourth-order valence-electron chi connectivity index (χ4n) is 2.16. The van der Waals surface area contributed by atoms with Crippen molar-refractivity contribution in [3.63, 3.8) is 0 Å². The summed E-state index contributed by atoms with van der Waals surface area (Å²) in [6.07, 6.45) is 0. The third-order valence-corrected chi connectivity index (χ3v) is 3.29. The summed E-state index contributed by atoms with van der Waals surface area (Å²) in [5.41, 5.74) is 1.18. The van der Waals surface area contributed by atoms with Crippen LogP contribution < -0.4 is 14.7 Å². The van der Waals surface area contributed by atoms with Gasteiger partial charge in [0.05, 0.1) is 25.3 Å². The maximum absolute atomic E-state index is 11.9. The van der Waals surface area contributed by atoms with Crippen LogP contribution in [-0.4, -0.2) is 19.0 Å². The van der Waals surface area contributed by atoms with Crippen LogP contribution in [0.5, 0.6) is 5.75 Å². The second-order valence-corrected chi connectivity index (χ2v) is 4.76. The first-order valence-corrected chi connectivity index (χ1v) is 6.74. The number of methoxy groups -OCH3 is 1. The molecule has 0 heterocycles. The van der Waals surface area contributed by atoms with E-state index in [1.165, 1.54) is 17.9 Å². The summed E-state index contributed by atoms with van der Waals surface area (Å²) in [6.45, 7) is 1.67. The van der Waals surface area contributed by atoms with Crippen LogP contribution in [0.2, 0.25) is 0 Å². The van der Waals surface area contributed by atoms with Crippen molar-refractivity contribution < 1.29 is 19.4 Å². The summed E-state index contributed by atoms with van der Waals surface area (Å²) < 4.78 is 5.09. The number of rotatable bonds is 5. The van der Waals surface area contributed by atoms with E-state index < -0.39 is 5.97 Å². The van der Waals surface area contributed by atoms with Crippen LogP contribution in [0, 0.1) is 0 Å². The Labute approximate surface area is 128 Å². The van der Waals surface area contributed by atoms with E-state index >= 15 is 0 Å².